The van der Waals surface area contributed by atoms with E-state index in [2.05, 4.69) is 22.7 Å². The summed E-state index contributed by atoms with van der Waals surface area (Å²) in [6.45, 7) is 1.82. The lowest BCUT2D eigenvalue weighted by Crippen LogP contribution is -2.16. The number of hydrogen-bond donors (Lipinski definition) is 1. The molecule has 4 heteroatoms. The van der Waals surface area contributed by atoms with E-state index in [4.69, 9.17) is 0 Å². The van der Waals surface area contributed by atoms with Gasteiger partial charge in [0.1, 0.15) is 6.61 Å². The normalized spacial score (nSPS) is 8.12. The van der Waals surface area contributed by atoms with Crippen LogP contribution in [0, 0.1) is 0 Å². The van der Waals surface area contributed by atoms with Crippen LogP contribution in [0.4, 0.5) is 4.79 Å². The van der Waals surface area contributed by atoms with Gasteiger partial charge in [-0.2, -0.15) is 0 Å². The van der Waals surface area contributed by atoms with Crippen LogP contribution in [-0.4, -0.2) is 17.6 Å². The van der Waals surface area contributed by atoms with Gasteiger partial charge in [0, 0.05) is 4.86 Å². The first kappa shape index (κ1) is 7.36. The Morgan fingerprint density at radius 1 is 1.88 bits per heavy atom. The summed E-state index contributed by atoms with van der Waals surface area (Å²) in [6.07, 6.45) is -0.783. The number of amides is 1. The minimum Gasteiger partial charge on any atom is -0.444 e. The number of nitrogens with two attached hydrogens (primary N) is 1. The van der Waals surface area contributed by atoms with Crippen molar-refractivity contribution in [3.8, 4) is 0 Å². The molecule has 46 valence electrons. The van der Waals surface area contributed by atoms with Crippen LogP contribution in [0.1, 0.15) is 6.92 Å². The molecule has 0 unspecified atom stereocenters. The Hall–Kier alpha value is -0.640. The third-order valence-corrected chi connectivity index (χ3v) is 0.536. The predicted molar refractivity (Wildman–Crippen MR) is 33.8 cm³/mol. The van der Waals surface area contributed by atoms with Gasteiger partial charge in [0.2, 0.25) is 0 Å². The molecule has 0 rings (SSSR count). The largest absolute Gasteiger partial charge is 0.444 e. The SMILES string of the molecule is CC(=S)COC(N)=O. The van der Waals surface area contributed by atoms with Gasteiger partial charge >= 0.3 is 6.09 Å². The van der Waals surface area contributed by atoms with E-state index in [0.717, 1.165) is 0 Å². The molecule has 0 spiro atoms. The summed E-state index contributed by atoms with van der Waals surface area (Å²) in [5.74, 6) is 0. The fourth-order valence-corrected chi connectivity index (χ4v) is 0.232. The molecule has 0 aliphatic carbocycles. The lowest BCUT2D eigenvalue weighted by Gasteiger charge is -1.95. The van der Waals surface area contributed by atoms with Crippen molar-refractivity contribution in [2.45, 2.75) is 6.92 Å². The highest BCUT2D eigenvalue weighted by Gasteiger charge is 1.91. The Morgan fingerprint density at radius 3 is 2.50 bits per heavy atom. The van der Waals surface area contributed by atoms with Gasteiger partial charge < -0.3 is 10.5 Å². The Morgan fingerprint density at radius 2 is 2.38 bits per heavy atom. The molecule has 8 heavy (non-hydrogen) atoms. The highest BCUT2D eigenvalue weighted by molar-refractivity contribution is 7.80. The van der Waals surface area contributed by atoms with E-state index in [0.29, 0.717) is 4.86 Å². The fraction of sp³-hybridized carbons (Fsp3) is 0.500. The van der Waals surface area contributed by atoms with E-state index >= 15 is 0 Å². The summed E-state index contributed by atoms with van der Waals surface area (Å²) >= 11 is 4.58. The van der Waals surface area contributed by atoms with Crippen molar-refractivity contribution in [1.29, 1.82) is 0 Å². The van der Waals surface area contributed by atoms with Crippen LogP contribution >= 0.6 is 12.2 Å². The Labute approximate surface area is 52.8 Å². The van der Waals surface area contributed by atoms with Gasteiger partial charge in [-0.15, -0.1) is 0 Å². The maximum atomic E-state index is 9.84. The average molecular weight is 133 g/mol. The number of ether oxygens (including phenoxy) is 1. The summed E-state index contributed by atoms with van der Waals surface area (Å²) in [7, 11) is 0. The molecule has 0 aliphatic heterocycles. The smallest absolute Gasteiger partial charge is 0.404 e. The van der Waals surface area contributed by atoms with Crippen molar-refractivity contribution in [2.24, 2.45) is 5.73 Å². The molecule has 0 aromatic carbocycles. The minimum atomic E-state index is -0.783. The maximum absolute atomic E-state index is 9.84. The molecule has 0 heterocycles. The van der Waals surface area contributed by atoms with Gasteiger partial charge in [0.15, 0.2) is 0 Å². The summed E-state index contributed by atoms with van der Waals surface area (Å²) in [4.78, 5) is 10.5. The van der Waals surface area contributed by atoms with E-state index in [9.17, 15) is 4.79 Å². The number of thiocarbonyl (C=S) groups is 1. The van der Waals surface area contributed by atoms with Crippen molar-refractivity contribution in [3.63, 3.8) is 0 Å². The summed E-state index contributed by atoms with van der Waals surface area (Å²) in [5.41, 5.74) is 4.62. The molecule has 0 fully saturated rings. The number of carbonyl (C=O) groups is 1. The standard InChI is InChI=1S/C4H7NO2S/c1-3(8)2-7-4(5)6/h2H2,1H3,(H2,5,6). The van der Waals surface area contributed by atoms with Gasteiger partial charge in [-0.25, -0.2) is 4.79 Å². The zero-order valence-electron chi connectivity index (χ0n) is 4.51. The molecule has 0 saturated heterocycles. The topological polar surface area (TPSA) is 52.3 Å². The molecule has 0 radical (unpaired) electrons. The first-order chi connectivity index (χ1) is 3.63. The molecule has 1 amide bonds. The van der Waals surface area contributed by atoms with Gasteiger partial charge in [-0.05, 0) is 6.92 Å². The quantitative estimate of drug-likeness (QED) is 0.557. The molecule has 0 aromatic heterocycles. The first-order valence-electron chi connectivity index (χ1n) is 2.04. The van der Waals surface area contributed by atoms with Crippen molar-refractivity contribution in [1.82, 2.24) is 0 Å². The van der Waals surface area contributed by atoms with E-state index in [1.165, 1.54) is 0 Å². The molecule has 0 bridgehead atoms. The minimum absolute atomic E-state index is 0.144. The highest BCUT2D eigenvalue weighted by Crippen LogP contribution is 1.77. The maximum Gasteiger partial charge on any atom is 0.404 e. The van der Waals surface area contributed by atoms with Crippen LogP contribution in [0.2, 0.25) is 0 Å². The molecule has 3 nitrogen and oxygen atoms in total. The molecule has 0 saturated carbocycles. The fourth-order valence-electron chi connectivity index (χ4n) is 0.173. The molecular formula is C4H7NO2S. The number of primary amides is 1. The number of rotatable bonds is 2. The second-order valence-corrected chi connectivity index (χ2v) is 2.01. The lowest BCUT2D eigenvalue weighted by molar-refractivity contribution is 0.173. The van der Waals surface area contributed by atoms with Crippen LogP contribution in [-0.2, 0) is 4.74 Å². The van der Waals surface area contributed by atoms with Gasteiger partial charge in [-0.3, -0.25) is 0 Å². The van der Waals surface area contributed by atoms with Gasteiger partial charge in [0.05, 0.1) is 0 Å². The molecule has 0 aliphatic rings. The predicted octanol–water partition coefficient (Wildman–Crippen LogP) is 0.472. The molecule has 0 atom stereocenters. The van der Waals surface area contributed by atoms with Gasteiger partial charge in [-0.1, -0.05) is 12.2 Å². The summed E-state index contributed by atoms with van der Waals surface area (Å²) in [5, 5.41) is 0. The zero-order chi connectivity index (χ0) is 6.57. The highest BCUT2D eigenvalue weighted by atomic mass is 32.1. The average Bonchev–Trinajstić information content (AvgIpc) is 1.61. The van der Waals surface area contributed by atoms with Crippen LogP contribution in [0.25, 0.3) is 0 Å². The van der Waals surface area contributed by atoms with Crippen LogP contribution < -0.4 is 5.73 Å². The Balaban J connectivity index is 3.18. The van der Waals surface area contributed by atoms with Crippen molar-refractivity contribution < 1.29 is 9.53 Å². The van der Waals surface area contributed by atoms with Gasteiger partial charge in [0.25, 0.3) is 0 Å². The molecular weight excluding hydrogens is 126 g/mol. The monoisotopic (exact) mass is 133 g/mol. The van der Waals surface area contributed by atoms with Crippen LogP contribution in [0.15, 0.2) is 0 Å². The third-order valence-electron chi connectivity index (χ3n) is 0.418. The second-order valence-electron chi connectivity index (χ2n) is 1.31. The number of carbonyl (C=O) groups excluding carboxylic acids is 1. The van der Waals surface area contributed by atoms with E-state index in [-0.39, 0.29) is 6.61 Å². The van der Waals surface area contributed by atoms with Crippen LogP contribution in [0.3, 0.4) is 0 Å². The van der Waals surface area contributed by atoms with E-state index < -0.39 is 6.09 Å². The third kappa shape index (κ3) is 5.36. The van der Waals surface area contributed by atoms with E-state index in [1.54, 1.807) is 6.92 Å². The molecule has 2 N–H and O–H groups in total. The number of hydrogen-bond acceptors (Lipinski definition) is 3. The Kier molecular flexibility index (Phi) is 3.10. The zero-order valence-corrected chi connectivity index (χ0v) is 5.33. The van der Waals surface area contributed by atoms with Crippen LogP contribution in [0.5, 0.6) is 0 Å². The molecule has 0 aromatic rings. The summed E-state index contributed by atoms with van der Waals surface area (Å²) in [6, 6.07) is 0. The lowest BCUT2D eigenvalue weighted by atomic mass is 10.5. The first-order valence-corrected chi connectivity index (χ1v) is 2.45. The second kappa shape index (κ2) is 3.37. The van der Waals surface area contributed by atoms with E-state index in [1.807, 2.05) is 0 Å². The van der Waals surface area contributed by atoms with Crippen molar-refractivity contribution >= 4 is 23.2 Å². The summed E-state index contributed by atoms with van der Waals surface area (Å²) < 4.78 is 4.30. The Bertz CT molecular complexity index is 98.6. The van der Waals surface area contributed by atoms with Crippen molar-refractivity contribution in [3.05, 3.63) is 0 Å². The van der Waals surface area contributed by atoms with Crippen molar-refractivity contribution in [2.75, 3.05) is 6.61 Å².